The second-order valence-corrected chi connectivity index (χ2v) is 6.30. The molecule has 0 bridgehead atoms. The predicted molar refractivity (Wildman–Crippen MR) is 81.1 cm³/mol. The van der Waals surface area contributed by atoms with Gasteiger partial charge < -0.3 is 10.4 Å². The van der Waals surface area contributed by atoms with Crippen LogP contribution in [0.4, 0.5) is 0 Å². The van der Waals surface area contributed by atoms with Gasteiger partial charge in [-0.1, -0.05) is 38.8 Å². The Labute approximate surface area is 121 Å². The number of amides is 1. The molecule has 3 heteroatoms. The second kappa shape index (κ2) is 6.40. The standard InChI is InChI=1S/C17H25NO2/c1-17(2,9-4-3-5-11-19)14-6-7-15-13(12-14)8-10-18-16(15)20/h6-7,12,19H,3-5,8-11H2,1-2H3,(H,18,20). The van der Waals surface area contributed by atoms with Crippen LogP contribution in [0, 0.1) is 0 Å². The van der Waals surface area contributed by atoms with E-state index >= 15 is 0 Å². The number of hydrogen-bond acceptors (Lipinski definition) is 2. The summed E-state index contributed by atoms with van der Waals surface area (Å²) in [4.78, 5) is 11.8. The Morgan fingerprint density at radius 2 is 2.05 bits per heavy atom. The van der Waals surface area contributed by atoms with Crippen molar-refractivity contribution in [3.05, 3.63) is 34.9 Å². The third-order valence-corrected chi connectivity index (χ3v) is 4.27. The normalized spacial score (nSPS) is 14.8. The van der Waals surface area contributed by atoms with Gasteiger partial charge >= 0.3 is 0 Å². The van der Waals surface area contributed by atoms with Crippen molar-refractivity contribution in [1.29, 1.82) is 0 Å². The summed E-state index contributed by atoms with van der Waals surface area (Å²) in [6.45, 7) is 5.55. The molecule has 2 rings (SSSR count). The first-order valence-corrected chi connectivity index (χ1v) is 7.57. The first-order valence-electron chi connectivity index (χ1n) is 7.57. The zero-order chi connectivity index (χ0) is 14.6. The highest BCUT2D eigenvalue weighted by Crippen LogP contribution is 2.31. The van der Waals surface area contributed by atoms with Gasteiger partial charge in [-0.2, -0.15) is 0 Å². The van der Waals surface area contributed by atoms with Crippen molar-refractivity contribution in [2.24, 2.45) is 0 Å². The molecule has 0 aliphatic carbocycles. The van der Waals surface area contributed by atoms with Crippen molar-refractivity contribution in [2.45, 2.75) is 51.4 Å². The third-order valence-electron chi connectivity index (χ3n) is 4.27. The van der Waals surface area contributed by atoms with Crippen LogP contribution in [0.15, 0.2) is 18.2 Å². The van der Waals surface area contributed by atoms with Crippen LogP contribution < -0.4 is 5.32 Å². The van der Waals surface area contributed by atoms with Crippen molar-refractivity contribution in [3.63, 3.8) is 0 Å². The average molecular weight is 275 g/mol. The van der Waals surface area contributed by atoms with Crippen LogP contribution in [0.2, 0.25) is 0 Å². The van der Waals surface area contributed by atoms with Crippen LogP contribution in [-0.4, -0.2) is 24.2 Å². The summed E-state index contributed by atoms with van der Waals surface area (Å²) in [5.41, 5.74) is 3.44. The van der Waals surface area contributed by atoms with E-state index in [9.17, 15) is 4.79 Å². The van der Waals surface area contributed by atoms with Crippen LogP contribution in [0.25, 0.3) is 0 Å². The summed E-state index contributed by atoms with van der Waals surface area (Å²) in [5.74, 6) is 0.0542. The quantitative estimate of drug-likeness (QED) is 0.784. The van der Waals surface area contributed by atoms with E-state index in [1.165, 1.54) is 11.1 Å². The third kappa shape index (κ3) is 3.40. The van der Waals surface area contributed by atoms with Gasteiger partial charge in [0, 0.05) is 18.7 Å². The molecular weight excluding hydrogens is 250 g/mol. The molecule has 0 unspecified atom stereocenters. The minimum atomic E-state index is 0.0542. The molecule has 0 saturated carbocycles. The number of fused-ring (bicyclic) bond motifs is 1. The molecule has 2 N–H and O–H groups in total. The fraction of sp³-hybridized carbons (Fsp3) is 0.588. The van der Waals surface area contributed by atoms with Gasteiger partial charge in [0.2, 0.25) is 0 Å². The molecule has 0 aromatic heterocycles. The van der Waals surface area contributed by atoms with E-state index < -0.39 is 0 Å². The highest BCUT2D eigenvalue weighted by molar-refractivity contribution is 5.96. The Morgan fingerprint density at radius 3 is 2.80 bits per heavy atom. The van der Waals surface area contributed by atoms with E-state index in [2.05, 4.69) is 31.3 Å². The van der Waals surface area contributed by atoms with E-state index in [0.717, 1.165) is 44.2 Å². The van der Waals surface area contributed by atoms with Crippen molar-refractivity contribution in [1.82, 2.24) is 5.32 Å². The largest absolute Gasteiger partial charge is 0.396 e. The molecule has 1 aliphatic heterocycles. The monoisotopic (exact) mass is 275 g/mol. The summed E-state index contributed by atoms with van der Waals surface area (Å²) in [7, 11) is 0. The molecule has 1 heterocycles. The number of aliphatic hydroxyl groups is 1. The minimum Gasteiger partial charge on any atom is -0.396 e. The van der Waals surface area contributed by atoms with E-state index in [0.29, 0.717) is 0 Å². The molecule has 1 amide bonds. The maximum Gasteiger partial charge on any atom is 0.251 e. The van der Waals surface area contributed by atoms with E-state index in [-0.39, 0.29) is 17.9 Å². The van der Waals surface area contributed by atoms with Crippen LogP contribution in [0.3, 0.4) is 0 Å². The summed E-state index contributed by atoms with van der Waals surface area (Å²) >= 11 is 0. The maximum absolute atomic E-state index is 11.8. The first-order chi connectivity index (χ1) is 9.54. The highest BCUT2D eigenvalue weighted by atomic mass is 16.2. The molecule has 0 radical (unpaired) electrons. The molecule has 3 nitrogen and oxygen atoms in total. The van der Waals surface area contributed by atoms with Gasteiger partial charge in [0.1, 0.15) is 0 Å². The van der Waals surface area contributed by atoms with E-state index in [1.54, 1.807) is 0 Å². The Bertz CT molecular complexity index is 480. The van der Waals surface area contributed by atoms with Gasteiger partial charge in [-0.25, -0.2) is 0 Å². The van der Waals surface area contributed by atoms with Crippen LogP contribution in [0.5, 0.6) is 0 Å². The van der Waals surface area contributed by atoms with E-state index in [4.69, 9.17) is 5.11 Å². The molecule has 0 saturated heterocycles. The van der Waals surface area contributed by atoms with Crippen molar-refractivity contribution >= 4 is 5.91 Å². The minimum absolute atomic E-state index is 0.0542. The van der Waals surface area contributed by atoms with Crippen LogP contribution in [-0.2, 0) is 11.8 Å². The lowest BCUT2D eigenvalue weighted by Gasteiger charge is -2.27. The molecule has 1 aliphatic rings. The fourth-order valence-corrected chi connectivity index (χ4v) is 2.85. The molecular formula is C17H25NO2. The number of hydrogen-bond donors (Lipinski definition) is 2. The zero-order valence-electron chi connectivity index (χ0n) is 12.5. The predicted octanol–water partition coefficient (Wildman–Crippen LogP) is 2.80. The summed E-state index contributed by atoms with van der Waals surface area (Å²) in [6, 6.07) is 6.27. The average Bonchev–Trinajstić information content (AvgIpc) is 2.43. The first kappa shape index (κ1) is 15.0. The number of benzene rings is 1. The van der Waals surface area contributed by atoms with Gasteiger partial charge in [-0.05, 0) is 41.9 Å². The Hall–Kier alpha value is -1.35. The van der Waals surface area contributed by atoms with Gasteiger partial charge in [0.25, 0.3) is 5.91 Å². The summed E-state index contributed by atoms with van der Waals surface area (Å²) in [5, 5.41) is 11.7. The molecule has 1 aromatic carbocycles. The number of unbranched alkanes of at least 4 members (excludes halogenated alkanes) is 2. The van der Waals surface area contributed by atoms with Gasteiger partial charge in [0.15, 0.2) is 0 Å². The Kier molecular flexibility index (Phi) is 4.81. The Balaban J connectivity index is 2.09. The Morgan fingerprint density at radius 1 is 1.25 bits per heavy atom. The number of carbonyl (C=O) groups excluding carboxylic acids is 1. The number of nitrogens with one attached hydrogen (secondary N) is 1. The smallest absolute Gasteiger partial charge is 0.251 e. The lowest BCUT2D eigenvalue weighted by atomic mass is 9.78. The van der Waals surface area contributed by atoms with Crippen molar-refractivity contribution < 1.29 is 9.90 Å². The van der Waals surface area contributed by atoms with Gasteiger partial charge in [0.05, 0.1) is 0 Å². The molecule has 20 heavy (non-hydrogen) atoms. The summed E-state index contributed by atoms with van der Waals surface area (Å²) < 4.78 is 0. The fourth-order valence-electron chi connectivity index (χ4n) is 2.85. The second-order valence-electron chi connectivity index (χ2n) is 6.30. The van der Waals surface area contributed by atoms with Crippen molar-refractivity contribution in [3.8, 4) is 0 Å². The van der Waals surface area contributed by atoms with Gasteiger partial charge in [-0.15, -0.1) is 0 Å². The topological polar surface area (TPSA) is 49.3 Å². The molecule has 1 aromatic rings. The maximum atomic E-state index is 11.8. The molecule has 110 valence electrons. The van der Waals surface area contributed by atoms with Crippen LogP contribution in [0.1, 0.15) is 61.0 Å². The lowest BCUT2D eigenvalue weighted by molar-refractivity contribution is 0.0946. The van der Waals surface area contributed by atoms with Gasteiger partial charge in [-0.3, -0.25) is 4.79 Å². The molecule has 0 spiro atoms. The van der Waals surface area contributed by atoms with E-state index in [1.807, 2.05) is 6.07 Å². The van der Waals surface area contributed by atoms with Crippen molar-refractivity contribution in [2.75, 3.05) is 13.2 Å². The zero-order valence-corrected chi connectivity index (χ0v) is 12.5. The lowest BCUT2D eigenvalue weighted by Crippen LogP contribution is -2.32. The number of rotatable bonds is 6. The number of carbonyl (C=O) groups is 1. The molecule has 0 fully saturated rings. The molecule has 0 atom stereocenters. The highest BCUT2D eigenvalue weighted by Gasteiger charge is 2.23. The SMILES string of the molecule is CC(C)(CCCCCO)c1ccc2c(c1)CCNC2=O. The summed E-state index contributed by atoms with van der Waals surface area (Å²) in [6.07, 6.45) is 5.13. The van der Waals surface area contributed by atoms with Crippen LogP contribution >= 0.6 is 0 Å². The number of aliphatic hydroxyl groups excluding tert-OH is 1.